The van der Waals surface area contributed by atoms with Crippen molar-refractivity contribution >= 4 is 17.8 Å². The zero-order chi connectivity index (χ0) is 36.5. The summed E-state index contributed by atoms with van der Waals surface area (Å²) in [7, 11) is 0. The van der Waals surface area contributed by atoms with Gasteiger partial charge >= 0.3 is 5.97 Å². The Morgan fingerprint density at radius 3 is 2.08 bits per heavy atom. The Morgan fingerprint density at radius 2 is 1.36 bits per heavy atom. The van der Waals surface area contributed by atoms with Crippen LogP contribution in [0.3, 0.4) is 0 Å². The maximum atomic E-state index is 14.4. The lowest BCUT2D eigenvalue weighted by molar-refractivity contribution is -0.246. The molecule has 0 radical (unpaired) electrons. The average Bonchev–Trinajstić information content (AvgIpc) is 3.45. The smallest absolute Gasteiger partial charge is 0.303 e. The van der Waals surface area contributed by atoms with E-state index in [2.05, 4.69) is 58.8 Å². The third kappa shape index (κ3) is 6.96. The molecule has 0 heterocycles. The van der Waals surface area contributed by atoms with Crippen molar-refractivity contribution in [2.45, 2.75) is 170 Å². The molecule has 5 rings (SSSR count). The Balaban J connectivity index is 1.16. The molecule has 7 heteroatoms. The molecular formula is C43H72N2O5. The van der Waals surface area contributed by atoms with Crippen LogP contribution in [0, 0.1) is 56.7 Å². The van der Waals surface area contributed by atoms with Gasteiger partial charge in [-0.05, 0) is 148 Å². The second-order valence-corrected chi connectivity index (χ2v) is 19.2. The number of carbonyl (C=O) groups excluding carboxylic acids is 2. The summed E-state index contributed by atoms with van der Waals surface area (Å²) in [5.41, 5.74) is 1.66. The molecule has 7 nitrogen and oxygen atoms in total. The van der Waals surface area contributed by atoms with Crippen molar-refractivity contribution in [3.63, 3.8) is 0 Å². The van der Waals surface area contributed by atoms with E-state index in [-0.39, 0.29) is 45.5 Å². The molecule has 1 unspecified atom stereocenters. The number of rotatable bonds is 15. The number of hydrogen-bond donors (Lipinski definition) is 4. The first kappa shape index (κ1) is 39.3. The number of unbranched alkanes of at least 4 members (excludes halogenated alkanes) is 5. The number of carbonyl (C=O) groups is 3. The van der Waals surface area contributed by atoms with Crippen molar-refractivity contribution in [2.75, 3.05) is 13.1 Å². The highest BCUT2D eigenvalue weighted by Gasteiger charge is 2.71. The van der Waals surface area contributed by atoms with Gasteiger partial charge in [-0.15, -0.1) is 0 Å². The van der Waals surface area contributed by atoms with Gasteiger partial charge in [0.2, 0.25) is 11.8 Å². The molecular weight excluding hydrogens is 624 g/mol. The molecule has 5 aliphatic rings. The van der Waals surface area contributed by atoms with Crippen LogP contribution in [-0.4, -0.2) is 47.2 Å². The summed E-state index contributed by atoms with van der Waals surface area (Å²) in [5.74, 6) is 2.12. The summed E-state index contributed by atoms with van der Waals surface area (Å²) >= 11 is 0. The number of nitrogens with one attached hydrogen (secondary N) is 2. The van der Waals surface area contributed by atoms with E-state index >= 15 is 0 Å². The summed E-state index contributed by atoms with van der Waals surface area (Å²) in [4.78, 5) is 37.1. The van der Waals surface area contributed by atoms with Crippen molar-refractivity contribution in [3.05, 3.63) is 12.2 Å². The number of aliphatic hydroxyl groups excluding tert-OH is 1. The van der Waals surface area contributed by atoms with Gasteiger partial charge in [-0.3, -0.25) is 14.4 Å². The van der Waals surface area contributed by atoms with E-state index in [0.717, 1.165) is 77.2 Å². The van der Waals surface area contributed by atoms with Crippen LogP contribution >= 0.6 is 0 Å². The van der Waals surface area contributed by atoms with Gasteiger partial charge in [0.15, 0.2) is 0 Å². The van der Waals surface area contributed by atoms with Gasteiger partial charge in [-0.1, -0.05) is 66.0 Å². The number of aliphatic hydroxyl groups is 1. The molecule has 5 aliphatic carbocycles. The molecule has 2 amide bonds. The van der Waals surface area contributed by atoms with E-state index in [0.29, 0.717) is 61.3 Å². The van der Waals surface area contributed by atoms with E-state index < -0.39 is 5.97 Å². The predicted molar refractivity (Wildman–Crippen MR) is 200 cm³/mol. The maximum absolute atomic E-state index is 14.4. The molecule has 0 aromatic carbocycles. The summed E-state index contributed by atoms with van der Waals surface area (Å²) in [5, 5.41) is 26.1. The van der Waals surface area contributed by atoms with Crippen LogP contribution in [0.25, 0.3) is 0 Å². The van der Waals surface area contributed by atoms with Gasteiger partial charge in [-0.2, -0.15) is 0 Å². The Kier molecular flexibility index (Phi) is 12.0. The topological polar surface area (TPSA) is 116 Å². The lowest BCUT2D eigenvalue weighted by Crippen LogP contribution is -2.67. The van der Waals surface area contributed by atoms with Gasteiger partial charge < -0.3 is 20.8 Å². The molecule has 0 spiro atoms. The monoisotopic (exact) mass is 697 g/mol. The zero-order valence-electron chi connectivity index (χ0n) is 32.6. The molecule has 0 aromatic heterocycles. The maximum Gasteiger partial charge on any atom is 0.303 e. The van der Waals surface area contributed by atoms with E-state index in [9.17, 15) is 19.5 Å². The molecule has 10 atom stereocenters. The van der Waals surface area contributed by atoms with E-state index in [1.807, 2.05) is 0 Å². The first-order valence-electron chi connectivity index (χ1n) is 20.6. The van der Waals surface area contributed by atoms with Crippen molar-refractivity contribution in [1.82, 2.24) is 10.6 Å². The Bertz CT molecular complexity index is 1260. The van der Waals surface area contributed by atoms with Gasteiger partial charge in [-0.25, -0.2) is 0 Å². The highest BCUT2D eigenvalue weighted by Crippen LogP contribution is 2.77. The standard InChI is InChI=1S/C43H72N2O5/c1-29(2)30-19-24-43(38(50)45-28-13-10-8-9-11-15-35(47)44-27-14-12-16-36(48)49)26-25-41(6)31(37(30)43)17-18-33-40(5)22-21-34(46)39(3,4)32(40)20-23-42(33,41)7/h30-34,37,46H,1,8-28H2,2-7H3,(H,44,47)(H,45,50)(H,48,49)/t30-,31+,32-,33?,34-,37+,40-,41+,42+,43-/m0/s1. The van der Waals surface area contributed by atoms with E-state index in [4.69, 9.17) is 5.11 Å². The summed E-state index contributed by atoms with van der Waals surface area (Å²) in [6, 6.07) is 0. The second-order valence-electron chi connectivity index (χ2n) is 19.2. The molecule has 0 bridgehead atoms. The fraction of sp³-hybridized carbons (Fsp3) is 0.884. The minimum Gasteiger partial charge on any atom is -0.481 e. The molecule has 0 aromatic rings. The summed E-state index contributed by atoms with van der Waals surface area (Å²) < 4.78 is 0. The lowest BCUT2D eigenvalue weighted by atomic mass is 9.32. The number of allylic oxidation sites excluding steroid dienone is 1. The average molecular weight is 697 g/mol. The minimum absolute atomic E-state index is 0.0364. The fourth-order valence-corrected chi connectivity index (χ4v) is 13.6. The molecule has 5 fully saturated rings. The molecule has 0 aliphatic heterocycles. The minimum atomic E-state index is -0.790. The quantitative estimate of drug-likeness (QED) is 0.101. The van der Waals surface area contributed by atoms with Gasteiger partial charge in [0.25, 0.3) is 0 Å². The first-order valence-corrected chi connectivity index (χ1v) is 20.6. The molecule has 5 saturated carbocycles. The van der Waals surface area contributed by atoms with Gasteiger partial charge in [0.05, 0.1) is 11.5 Å². The second kappa shape index (κ2) is 15.2. The fourth-order valence-electron chi connectivity index (χ4n) is 13.6. The van der Waals surface area contributed by atoms with E-state index in [1.165, 1.54) is 31.3 Å². The Labute approximate surface area is 304 Å². The summed E-state index contributed by atoms with van der Waals surface area (Å²) in [6.07, 6.45) is 17.9. The number of amides is 2. The lowest BCUT2D eigenvalue weighted by Gasteiger charge is -2.72. The SMILES string of the molecule is C=C(C)[C@@H]1CC[C@]2(C(=O)NCCCCCCCC(=O)NCCCCC(=O)O)CC[C@]3(C)[C@H](CCC4[C@@]5(C)CC[C@H](O)C(C)(C)[C@@H]5CC[C@]43C)[C@@H]12. The third-order valence-corrected chi connectivity index (χ3v) is 16.5. The number of aliphatic carboxylic acids is 1. The molecule has 50 heavy (non-hydrogen) atoms. The van der Waals surface area contributed by atoms with Crippen LogP contribution in [-0.2, 0) is 14.4 Å². The molecule has 284 valence electrons. The van der Waals surface area contributed by atoms with Crippen LogP contribution in [0.15, 0.2) is 12.2 Å². The van der Waals surface area contributed by atoms with Crippen molar-refractivity contribution < 1.29 is 24.6 Å². The third-order valence-electron chi connectivity index (χ3n) is 16.5. The van der Waals surface area contributed by atoms with Crippen LogP contribution in [0.5, 0.6) is 0 Å². The summed E-state index contributed by atoms with van der Waals surface area (Å²) in [6.45, 7) is 20.5. The number of carboxylic acids is 1. The Hall–Kier alpha value is -1.89. The zero-order valence-corrected chi connectivity index (χ0v) is 32.6. The Morgan fingerprint density at radius 1 is 0.700 bits per heavy atom. The number of fused-ring (bicyclic) bond motifs is 7. The van der Waals surface area contributed by atoms with Crippen LogP contribution in [0.4, 0.5) is 0 Å². The first-order chi connectivity index (χ1) is 23.5. The van der Waals surface area contributed by atoms with Crippen LogP contribution in [0.1, 0.15) is 164 Å². The van der Waals surface area contributed by atoms with Gasteiger partial charge in [0.1, 0.15) is 0 Å². The van der Waals surface area contributed by atoms with Crippen LogP contribution < -0.4 is 10.6 Å². The number of carboxylic acid groups (broad SMARTS) is 1. The predicted octanol–water partition coefficient (Wildman–Crippen LogP) is 8.83. The highest BCUT2D eigenvalue weighted by molar-refractivity contribution is 5.84. The van der Waals surface area contributed by atoms with Crippen molar-refractivity contribution in [3.8, 4) is 0 Å². The van der Waals surface area contributed by atoms with Crippen molar-refractivity contribution in [1.29, 1.82) is 0 Å². The number of hydrogen-bond acceptors (Lipinski definition) is 4. The van der Waals surface area contributed by atoms with E-state index in [1.54, 1.807) is 0 Å². The normalized spacial score (nSPS) is 40.1. The van der Waals surface area contributed by atoms with Crippen LogP contribution in [0.2, 0.25) is 0 Å². The highest BCUT2D eigenvalue weighted by atomic mass is 16.4. The molecule has 0 saturated heterocycles. The van der Waals surface area contributed by atoms with Crippen molar-refractivity contribution in [2.24, 2.45) is 56.7 Å². The largest absolute Gasteiger partial charge is 0.481 e. The van der Waals surface area contributed by atoms with Gasteiger partial charge in [0, 0.05) is 25.9 Å². The molecule has 4 N–H and O–H groups in total.